The van der Waals surface area contributed by atoms with Gasteiger partial charge in [0.25, 0.3) is 5.91 Å². The van der Waals surface area contributed by atoms with Crippen LogP contribution in [0.1, 0.15) is 43.9 Å². The van der Waals surface area contributed by atoms with Gasteiger partial charge in [0, 0.05) is 0 Å². The molecule has 4 heteroatoms. The number of amides is 1. The van der Waals surface area contributed by atoms with Crippen molar-refractivity contribution in [2.24, 2.45) is 0 Å². The summed E-state index contributed by atoms with van der Waals surface area (Å²) in [4.78, 5) is 12.7. The first-order valence-electron chi connectivity index (χ1n) is 8.75. The number of benzene rings is 2. The molecule has 0 aliphatic rings. The Balaban J connectivity index is 2.03. The number of nitrogens with one attached hydrogen (secondary N) is 1. The normalized spacial score (nSPS) is 13.0. The molecule has 0 spiro atoms. The SMILES string of the molecule is CC[C@H](Oc1ccc(C)cc1)C(=O)N[C@H](CC)c1ccc(OC)cc1. The Labute approximate surface area is 150 Å². The van der Waals surface area contributed by atoms with E-state index in [1.54, 1.807) is 7.11 Å². The number of hydrogen-bond donors (Lipinski definition) is 1. The second kappa shape index (κ2) is 9.11. The van der Waals surface area contributed by atoms with Gasteiger partial charge >= 0.3 is 0 Å². The highest BCUT2D eigenvalue weighted by molar-refractivity contribution is 5.81. The molecule has 1 N–H and O–H groups in total. The third-order valence-electron chi connectivity index (χ3n) is 4.21. The number of carbonyl (C=O) groups is 1. The van der Waals surface area contributed by atoms with E-state index in [1.165, 1.54) is 0 Å². The molecule has 0 unspecified atom stereocenters. The van der Waals surface area contributed by atoms with Gasteiger partial charge in [0.15, 0.2) is 6.10 Å². The van der Waals surface area contributed by atoms with Gasteiger partial charge in [-0.3, -0.25) is 4.79 Å². The number of rotatable bonds is 8. The van der Waals surface area contributed by atoms with Crippen molar-refractivity contribution >= 4 is 5.91 Å². The van der Waals surface area contributed by atoms with Crippen molar-refractivity contribution in [3.8, 4) is 11.5 Å². The van der Waals surface area contributed by atoms with Gasteiger partial charge in [-0.25, -0.2) is 0 Å². The van der Waals surface area contributed by atoms with E-state index in [-0.39, 0.29) is 11.9 Å². The van der Waals surface area contributed by atoms with Gasteiger partial charge in [-0.05, 0) is 49.6 Å². The fourth-order valence-corrected chi connectivity index (χ4v) is 2.63. The molecule has 2 aromatic rings. The van der Waals surface area contributed by atoms with Crippen LogP contribution in [0.3, 0.4) is 0 Å². The molecular weight excluding hydrogens is 314 g/mol. The average molecular weight is 341 g/mol. The van der Waals surface area contributed by atoms with Gasteiger partial charge in [0.05, 0.1) is 13.2 Å². The molecular formula is C21H27NO3. The molecule has 4 nitrogen and oxygen atoms in total. The highest BCUT2D eigenvalue weighted by Crippen LogP contribution is 2.21. The molecule has 2 rings (SSSR count). The lowest BCUT2D eigenvalue weighted by molar-refractivity contribution is -0.128. The van der Waals surface area contributed by atoms with Crippen LogP contribution in [-0.4, -0.2) is 19.1 Å². The van der Waals surface area contributed by atoms with Crippen LogP contribution in [0.15, 0.2) is 48.5 Å². The summed E-state index contributed by atoms with van der Waals surface area (Å²) >= 11 is 0. The quantitative estimate of drug-likeness (QED) is 0.773. The maximum atomic E-state index is 12.7. The van der Waals surface area contributed by atoms with Gasteiger partial charge in [0.1, 0.15) is 11.5 Å². The van der Waals surface area contributed by atoms with Gasteiger partial charge in [-0.15, -0.1) is 0 Å². The van der Waals surface area contributed by atoms with Crippen LogP contribution >= 0.6 is 0 Å². The Bertz CT molecular complexity index is 665. The van der Waals surface area contributed by atoms with Gasteiger partial charge in [0.2, 0.25) is 0 Å². The van der Waals surface area contributed by atoms with E-state index < -0.39 is 6.10 Å². The summed E-state index contributed by atoms with van der Waals surface area (Å²) in [7, 11) is 1.64. The van der Waals surface area contributed by atoms with E-state index in [0.29, 0.717) is 12.2 Å². The van der Waals surface area contributed by atoms with Gasteiger partial charge in [-0.2, -0.15) is 0 Å². The molecule has 25 heavy (non-hydrogen) atoms. The predicted molar refractivity (Wildman–Crippen MR) is 100 cm³/mol. The van der Waals surface area contributed by atoms with Crippen LogP contribution in [0.2, 0.25) is 0 Å². The van der Waals surface area contributed by atoms with Crippen molar-refractivity contribution in [1.82, 2.24) is 5.32 Å². The largest absolute Gasteiger partial charge is 0.497 e. The molecule has 0 aliphatic heterocycles. The van der Waals surface area contributed by atoms with E-state index in [2.05, 4.69) is 12.2 Å². The van der Waals surface area contributed by atoms with Crippen molar-refractivity contribution in [2.45, 2.75) is 45.8 Å². The Morgan fingerprint density at radius 1 is 0.960 bits per heavy atom. The first-order chi connectivity index (χ1) is 12.1. The summed E-state index contributed by atoms with van der Waals surface area (Å²) in [6.45, 7) is 6.03. The van der Waals surface area contributed by atoms with Gasteiger partial charge < -0.3 is 14.8 Å². The zero-order valence-corrected chi connectivity index (χ0v) is 15.4. The minimum atomic E-state index is -0.505. The third kappa shape index (κ3) is 5.24. The Morgan fingerprint density at radius 3 is 2.08 bits per heavy atom. The predicted octanol–water partition coefficient (Wildman–Crippen LogP) is 4.43. The van der Waals surface area contributed by atoms with E-state index in [0.717, 1.165) is 23.3 Å². The fourth-order valence-electron chi connectivity index (χ4n) is 2.63. The van der Waals surface area contributed by atoms with Crippen LogP contribution in [0, 0.1) is 6.92 Å². The summed E-state index contributed by atoms with van der Waals surface area (Å²) in [6, 6.07) is 15.5. The lowest BCUT2D eigenvalue weighted by Crippen LogP contribution is -2.39. The number of aryl methyl sites for hydroxylation is 1. The van der Waals surface area contributed by atoms with E-state index in [4.69, 9.17) is 9.47 Å². The zero-order valence-electron chi connectivity index (χ0n) is 15.4. The van der Waals surface area contributed by atoms with E-state index in [1.807, 2.05) is 62.4 Å². The standard InChI is InChI=1S/C21H27NO3/c1-5-19(16-9-13-17(24-4)14-10-16)22-21(23)20(6-2)25-18-11-7-15(3)8-12-18/h7-14,19-20H,5-6H2,1-4H3,(H,22,23)/t19-,20+/m1/s1. The highest BCUT2D eigenvalue weighted by atomic mass is 16.5. The van der Waals surface area contributed by atoms with Crippen molar-refractivity contribution < 1.29 is 14.3 Å². The summed E-state index contributed by atoms with van der Waals surface area (Å²) in [6.07, 6.45) is 0.910. The van der Waals surface area contributed by atoms with Crippen molar-refractivity contribution in [2.75, 3.05) is 7.11 Å². The maximum Gasteiger partial charge on any atom is 0.261 e. The zero-order chi connectivity index (χ0) is 18.2. The molecule has 0 saturated heterocycles. The molecule has 134 valence electrons. The number of hydrogen-bond acceptors (Lipinski definition) is 3. The molecule has 0 radical (unpaired) electrons. The molecule has 0 heterocycles. The second-order valence-electron chi connectivity index (χ2n) is 6.07. The number of ether oxygens (including phenoxy) is 2. The van der Waals surface area contributed by atoms with Crippen LogP contribution in [-0.2, 0) is 4.79 Å². The fraction of sp³-hybridized carbons (Fsp3) is 0.381. The number of methoxy groups -OCH3 is 1. The second-order valence-corrected chi connectivity index (χ2v) is 6.07. The molecule has 0 saturated carbocycles. The first-order valence-corrected chi connectivity index (χ1v) is 8.75. The lowest BCUT2D eigenvalue weighted by Gasteiger charge is -2.22. The summed E-state index contributed by atoms with van der Waals surface area (Å²) in [5, 5.41) is 3.10. The Hall–Kier alpha value is -2.49. The van der Waals surface area contributed by atoms with Crippen LogP contribution in [0.5, 0.6) is 11.5 Å². The Morgan fingerprint density at radius 2 is 1.56 bits per heavy atom. The molecule has 1 amide bonds. The molecule has 0 aromatic heterocycles. The summed E-state index contributed by atoms with van der Waals surface area (Å²) in [5.74, 6) is 1.43. The molecule has 2 aromatic carbocycles. The van der Waals surface area contributed by atoms with Gasteiger partial charge in [-0.1, -0.05) is 43.7 Å². The lowest BCUT2D eigenvalue weighted by atomic mass is 10.0. The minimum absolute atomic E-state index is 0.0472. The van der Waals surface area contributed by atoms with Crippen LogP contribution < -0.4 is 14.8 Å². The average Bonchev–Trinajstić information content (AvgIpc) is 2.65. The Kier molecular flexibility index (Phi) is 6.87. The highest BCUT2D eigenvalue weighted by Gasteiger charge is 2.22. The smallest absolute Gasteiger partial charge is 0.261 e. The first kappa shape index (κ1) is 18.8. The molecule has 2 atom stereocenters. The number of carbonyl (C=O) groups excluding carboxylic acids is 1. The van der Waals surface area contributed by atoms with Crippen LogP contribution in [0.25, 0.3) is 0 Å². The van der Waals surface area contributed by atoms with E-state index >= 15 is 0 Å². The molecule has 0 fully saturated rings. The third-order valence-corrected chi connectivity index (χ3v) is 4.21. The van der Waals surface area contributed by atoms with E-state index in [9.17, 15) is 4.79 Å². The summed E-state index contributed by atoms with van der Waals surface area (Å²) < 4.78 is 11.1. The molecule has 0 bridgehead atoms. The van der Waals surface area contributed by atoms with Crippen molar-refractivity contribution in [1.29, 1.82) is 0 Å². The summed E-state index contributed by atoms with van der Waals surface area (Å²) in [5.41, 5.74) is 2.22. The molecule has 0 aliphatic carbocycles. The topological polar surface area (TPSA) is 47.6 Å². The minimum Gasteiger partial charge on any atom is -0.497 e. The maximum absolute atomic E-state index is 12.7. The van der Waals surface area contributed by atoms with Crippen LogP contribution in [0.4, 0.5) is 0 Å². The van der Waals surface area contributed by atoms with Crippen molar-refractivity contribution in [3.63, 3.8) is 0 Å². The monoisotopic (exact) mass is 341 g/mol. The van der Waals surface area contributed by atoms with Crippen molar-refractivity contribution in [3.05, 3.63) is 59.7 Å².